The van der Waals surface area contributed by atoms with Crippen molar-refractivity contribution in [3.63, 3.8) is 0 Å². The molecular formula is C15H28N2O. The highest BCUT2D eigenvalue weighted by atomic mass is 16.3. The molecule has 3 fully saturated rings. The van der Waals surface area contributed by atoms with Crippen LogP contribution in [-0.4, -0.2) is 47.8 Å². The van der Waals surface area contributed by atoms with Gasteiger partial charge in [-0.15, -0.1) is 0 Å². The molecule has 18 heavy (non-hydrogen) atoms. The van der Waals surface area contributed by atoms with E-state index in [0.717, 1.165) is 31.2 Å². The molecule has 2 heterocycles. The van der Waals surface area contributed by atoms with Crippen molar-refractivity contribution in [1.82, 2.24) is 10.2 Å². The van der Waals surface area contributed by atoms with Crippen molar-refractivity contribution in [1.29, 1.82) is 0 Å². The van der Waals surface area contributed by atoms with Gasteiger partial charge in [-0.25, -0.2) is 0 Å². The summed E-state index contributed by atoms with van der Waals surface area (Å²) in [6.45, 7) is 6.83. The third-order valence-corrected chi connectivity index (χ3v) is 5.52. The molecule has 0 bridgehead atoms. The van der Waals surface area contributed by atoms with Gasteiger partial charge in [0, 0.05) is 19.1 Å². The van der Waals surface area contributed by atoms with E-state index in [2.05, 4.69) is 17.1 Å². The topological polar surface area (TPSA) is 35.5 Å². The average molecular weight is 252 g/mol. The van der Waals surface area contributed by atoms with Gasteiger partial charge in [-0.3, -0.25) is 4.90 Å². The molecule has 0 spiro atoms. The zero-order chi connectivity index (χ0) is 12.6. The first-order valence-electron chi connectivity index (χ1n) is 7.89. The van der Waals surface area contributed by atoms with E-state index in [0.29, 0.717) is 6.04 Å². The molecule has 2 saturated heterocycles. The number of aliphatic hydroxyl groups is 1. The molecule has 3 nitrogen and oxygen atoms in total. The van der Waals surface area contributed by atoms with Gasteiger partial charge in [-0.05, 0) is 44.2 Å². The highest BCUT2D eigenvalue weighted by molar-refractivity contribution is 5.00. The number of β-amino-alcohol motifs (C(OH)–C–C–N with tert-alkyl or cyclic N) is 1. The summed E-state index contributed by atoms with van der Waals surface area (Å²) in [5, 5.41) is 14.3. The lowest BCUT2D eigenvalue weighted by molar-refractivity contribution is -0.0315. The van der Waals surface area contributed by atoms with Crippen LogP contribution in [0, 0.1) is 11.8 Å². The fraction of sp³-hybridized carbons (Fsp3) is 1.00. The quantitative estimate of drug-likeness (QED) is 0.801. The zero-order valence-electron chi connectivity index (χ0n) is 11.7. The molecule has 2 aliphatic heterocycles. The molecule has 2 N–H and O–H groups in total. The smallest absolute Gasteiger partial charge is 0.0774 e. The number of rotatable bonds is 3. The van der Waals surface area contributed by atoms with Crippen LogP contribution in [0.5, 0.6) is 0 Å². The Labute approximate surface area is 111 Å². The maximum absolute atomic E-state index is 10.8. The standard InChI is InChI=1S/C15H28N2O/c1-2-14-13-9-16-8-12(13)10-17(14)11-15(18)6-4-3-5-7-15/h12-14,16,18H,2-11H2,1H3. The molecule has 1 aliphatic carbocycles. The van der Waals surface area contributed by atoms with Gasteiger partial charge in [-0.2, -0.15) is 0 Å². The molecule has 1 saturated carbocycles. The predicted octanol–water partition coefficient (Wildman–Crippen LogP) is 1.61. The monoisotopic (exact) mass is 252 g/mol. The van der Waals surface area contributed by atoms with Gasteiger partial charge >= 0.3 is 0 Å². The predicted molar refractivity (Wildman–Crippen MR) is 73.5 cm³/mol. The van der Waals surface area contributed by atoms with E-state index in [9.17, 15) is 5.11 Å². The summed E-state index contributed by atoms with van der Waals surface area (Å²) in [6.07, 6.45) is 7.03. The van der Waals surface area contributed by atoms with E-state index in [1.165, 1.54) is 45.3 Å². The molecule has 0 radical (unpaired) electrons. The summed E-state index contributed by atoms with van der Waals surface area (Å²) in [5.41, 5.74) is -0.377. The van der Waals surface area contributed by atoms with Gasteiger partial charge < -0.3 is 10.4 Å². The summed E-state index contributed by atoms with van der Waals surface area (Å²) < 4.78 is 0. The molecule has 3 rings (SSSR count). The molecule has 0 aromatic heterocycles. The first-order valence-corrected chi connectivity index (χ1v) is 7.89. The second-order valence-electron chi connectivity index (χ2n) is 6.77. The van der Waals surface area contributed by atoms with Crippen molar-refractivity contribution < 1.29 is 5.11 Å². The summed E-state index contributed by atoms with van der Waals surface area (Å²) in [5.74, 6) is 1.67. The van der Waals surface area contributed by atoms with Crippen molar-refractivity contribution in [2.45, 2.75) is 57.1 Å². The Balaban J connectivity index is 1.65. The summed E-state index contributed by atoms with van der Waals surface area (Å²) in [7, 11) is 0. The van der Waals surface area contributed by atoms with Crippen molar-refractivity contribution in [3.05, 3.63) is 0 Å². The summed E-state index contributed by atoms with van der Waals surface area (Å²) in [4.78, 5) is 2.61. The minimum atomic E-state index is -0.377. The maximum Gasteiger partial charge on any atom is 0.0774 e. The number of nitrogens with one attached hydrogen (secondary N) is 1. The van der Waals surface area contributed by atoms with Crippen LogP contribution >= 0.6 is 0 Å². The summed E-state index contributed by atoms with van der Waals surface area (Å²) >= 11 is 0. The summed E-state index contributed by atoms with van der Waals surface area (Å²) in [6, 6.07) is 0.705. The Morgan fingerprint density at radius 3 is 2.72 bits per heavy atom. The third-order valence-electron chi connectivity index (χ3n) is 5.52. The minimum absolute atomic E-state index is 0.377. The van der Waals surface area contributed by atoms with Gasteiger partial charge in [0.05, 0.1) is 5.60 Å². The van der Waals surface area contributed by atoms with Gasteiger partial charge in [0.15, 0.2) is 0 Å². The van der Waals surface area contributed by atoms with E-state index < -0.39 is 0 Å². The fourth-order valence-electron chi connectivity index (χ4n) is 4.60. The Kier molecular flexibility index (Phi) is 3.65. The largest absolute Gasteiger partial charge is 0.389 e. The van der Waals surface area contributed by atoms with E-state index in [4.69, 9.17) is 0 Å². The molecule has 3 aliphatic rings. The van der Waals surface area contributed by atoms with Crippen LogP contribution < -0.4 is 5.32 Å². The molecule has 0 aromatic rings. The SMILES string of the molecule is CCC1C2CNCC2CN1CC1(O)CCCCC1. The van der Waals surface area contributed by atoms with E-state index in [1.807, 2.05) is 0 Å². The average Bonchev–Trinajstić information content (AvgIpc) is 2.89. The first-order chi connectivity index (χ1) is 8.72. The van der Waals surface area contributed by atoms with Crippen molar-refractivity contribution >= 4 is 0 Å². The molecule has 3 atom stereocenters. The fourth-order valence-corrected chi connectivity index (χ4v) is 4.60. The van der Waals surface area contributed by atoms with E-state index in [1.54, 1.807) is 0 Å². The van der Waals surface area contributed by atoms with Gasteiger partial charge in [0.2, 0.25) is 0 Å². The number of hydrogen-bond acceptors (Lipinski definition) is 3. The minimum Gasteiger partial charge on any atom is -0.389 e. The highest BCUT2D eigenvalue weighted by Gasteiger charge is 2.45. The van der Waals surface area contributed by atoms with Crippen molar-refractivity contribution in [2.24, 2.45) is 11.8 Å². The van der Waals surface area contributed by atoms with Crippen LogP contribution in [0.4, 0.5) is 0 Å². The van der Waals surface area contributed by atoms with Crippen LogP contribution in [0.1, 0.15) is 45.4 Å². The van der Waals surface area contributed by atoms with Gasteiger partial charge in [0.1, 0.15) is 0 Å². The number of likely N-dealkylation sites (tertiary alicyclic amines) is 1. The Bertz CT molecular complexity index is 288. The Morgan fingerprint density at radius 1 is 1.22 bits per heavy atom. The van der Waals surface area contributed by atoms with Crippen molar-refractivity contribution in [3.8, 4) is 0 Å². The van der Waals surface area contributed by atoms with Crippen LogP contribution in [0.2, 0.25) is 0 Å². The van der Waals surface area contributed by atoms with Crippen LogP contribution in [0.15, 0.2) is 0 Å². The molecule has 3 heteroatoms. The molecule has 0 amide bonds. The van der Waals surface area contributed by atoms with Crippen LogP contribution in [0.3, 0.4) is 0 Å². The lowest BCUT2D eigenvalue weighted by atomic mass is 9.84. The normalized spacial score (nSPS) is 40.0. The lowest BCUT2D eigenvalue weighted by Crippen LogP contribution is -2.47. The maximum atomic E-state index is 10.8. The van der Waals surface area contributed by atoms with E-state index >= 15 is 0 Å². The van der Waals surface area contributed by atoms with Crippen LogP contribution in [0.25, 0.3) is 0 Å². The number of fused-ring (bicyclic) bond motifs is 1. The second kappa shape index (κ2) is 5.10. The lowest BCUT2D eigenvalue weighted by Gasteiger charge is -2.38. The molecular weight excluding hydrogens is 224 g/mol. The Hall–Kier alpha value is -0.120. The molecule has 3 unspecified atom stereocenters. The van der Waals surface area contributed by atoms with E-state index in [-0.39, 0.29) is 5.60 Å². The van der Waals surface area contributed by atoms with Gasteiger partial charge in [0.25, 0.3) is 0 Å². The second-order valence-corrected chi connectivity index (χ2v) is 6.77. The highest BCUT2D eigenvalue weighted by Crippen LogP contribution is 2.37. The van der Waals surface area contributed by atoms with Crippen molar-refractivity contribution in [2.75, 3.05) is 26.2 Å². The van der Waals surface area contributed by atoms with Crippen LogP contribution in [-0.2, 0) is 0 Å². The zero-order valence-corrected chi connectivity index (χ0v) is 11.7. The molecule has 104 valence electrons. The number of hydrogen-bond donors (Lipinski definition) is 2. The third kappa shape index (κ3) is 2.33. The van der Waals surface area contributed by atoms with Gasteiger partial charge in [-0.1, -0.05) is 26.2 Å². The number of nitrogens with zero attached hydrogens (tertiary/aromatic N) is 1. The molecule has 0 aromatic carbocycles. The first kappa shape index (κ1) is 12.9. The Morgan fingerprint density at radius 2 is 2.00 bits per heavy atom.